The van der Waals surface area contributed by atoms with Crippen molar-refractivity contribution in [2.75, 3.05) is 0 Å². The summed E-state index contributed by atoms with van der Waals surface area (Å²) >= 11 is 0. The molecule has 2 atom stereocenters. The molecule has 0 aliphatic heterocycles. The number of ether oxygens (including phenoxy) is 1. The molecule has 1 aromatic rings. The van der Waals surface area contributed by atoms with E-state index in [1.807, 2.05) is 0 Å². The smallest absolute Gasteiger partial charge is 0.165 e. The average Bonchev–Trinajstić information content (AvgIpc) is 2.41. The van der Waals surface area contributed by atoms with E-state index in [0.717, 1.165) is 25.7 Å². The van der Waals surface area contributed by atoms with Crippen LogP contribution < -0.4 is 4.74 Å². The molecule has 2 unspecified atom stereocenters. The minimum absolute atomic E-state index is 0.0411. The van der Waals surface area contributed by atoms with Gasteiger partial charge in [-0.2, -0.15) is 0 Å². The molecule has 0 radical (unpaired) electrons. The minimum atomic E-state index is -0.444. The fourth-order valence-corrected chi connectivity index (χ4v) is 2.69. The van der Waals surface area contributed by atoms with Crippen LogP contribution in [-0.2, 0) is 0 Å². The molecule has 1 aromatic carbocycles. The van der Waals surface area contributed by atoms with E-state index in [9.17, 15) is 9.18 Å². The number of hydrogen-bond donors (Lipinski definition) is 0. The van der Waals surface area contributed by atoms with Crippen molar-refractivity contribution in [2.45, 2.75) is 45.1 Å². The molecule has 2 rings (SSSR count). The highest BCUT2D eigenvalue weighted by molar-refractivity contribution is 5.79. The SMILES string of the molecule is CCC1CCCCC1Oc1c(F)cccc1C=O. The molecule has 1 aliphatic carbocycles. The Bertz CT molecular complexity index is 417. The zero-order valence-electron chi connectivity index (χ0n) is 10.7. The van der Waals surface area contributed by atoms with E-state index >= 15 is 0 Å². The highest BCUT2D eigenvalue weighted by atomic mass is 19.1. The molecule has 1 saturated carbocycles. The summed E-state index contributed by atoms with van der Waals surface area (Å²) in [6.07, 6.45) is 6.15. The first kappa shape index (κ1) is 13.1. The summed E-state index contributed by atoms with van der Waals surface area (Å²) in [5, 5.41) is 0. The van der Waals surface area contributed by atoms with Gasteiger partial charge in [-0.15, -0.1) is 0 Å². The maximum absolute atomic E-state index is 13.7. The van der Waals surface area contributed by atoms with Crippen molar-refractivity contribution in [1.82, 2.24) is 0 Å². The lowest BCUT2D eigenvalue weighted by atomic mass is 9.84. The summed E-state index contributed by atoms with van der Waals surface area (Å²) in [7, 11) is 0. The van der Waals surface area contributed by atoms with Crippen molar-refractivity contribution in [3.8, 4) is 5.75 Å². The predicted octanol–water partition coefficient (Wildman–Crippen LogP) is 3.99. The number of benzene rings is 1. The van der Waals surface area contributed by atoms with Crippen LogP contribution in [-0.4, -0.2) is 12.4 Å². The van der Waals surface area contributed by atoms with Gasteiger partial charge in [-0.05, 0) is 43.7 Å². The molecule has 0 spiro atoms. The van der Waals surface area contributed by atoms with Gasteiger partial charge in [0.25, 0.3) is 0 Å². The Labute approximate surface area is 107 Å². The third-order valence-electron chi connectivity index (χ3n) is 3.76. The Balaban J connectivity index is 2.19. The van der Waals surface area contributed by atoms with E-state index in [2.05, 4.69) is 6.92 Å². The van der Waals surface area contributed by atoms with Crippen LogP contribution in [0.25, 0.3) is 0 Å². The van der Waals surface area contributed by atoms with Gasteiger partial charge in [0.15, 0.2) is 17.9 Å². The van der Waals surface area contributed by atoms with Gasteiger partial charge in [-0.25, -0.2) is 4.39 Å². The van der Waals surface area contributed by atoms with E-state index < -0.39 is 5.82 Å². The van der Waals surface area contributed by atoms with Crippen LogP contribution in [0.5, 0.6) is 5.75 Å². The predicted molar refractivity (Wildman–Crippen MR) is 68.5 cm³/mol. The van der Waals surface area contributed by atoms with Gasteiger partial charge in [0, 0.05) is 0 Å². The van der Waals surface area contributed by atoms with E-state index in [-0.39, 0.29) is 11.9 Å². The number of para-hydroxylation sites is 1. The summed E-state index contributed by atoms with van der Waals surface area (Å²) in [5.41, 5.74) is 0.301. The highest BCUT2D eigenvalue weighted by Gasteiger charge is 2.26. The molecular formula is C15H19FO2. The van der Waals surface area contributed by atoms with Crippen molar-refractivity contribution in [3.05, 3.63) is 29.6 Å². The summed E-state index contributed by atoms with van der Waals surface area (Å²) in [4.78, 5) is 10.9. The van der Waals surface area contributed by atoms with E-state index in [1.165, 1.54) is 18.6 Å². The van der Waals surface area contributed by atoms with Crippen LogP contribution in [0.1, 0.15) is 49.4 Å². The monoisotopic (exact) mass is 250 g/mol. The van der Waals surface area contributed by atoms with Crippen molar-refractivity contribution < 1.29 is 13.9 Å². The second-order valence-electron chi connectivity index (χ2n) is 4.89. The first-order valence-electron chi connectivity index (χ1n) is 6.66. The van der Waals surface area contributed by atoms with E-state index in [4.69, 9.17) is 4.74 Å². The second kappa shape index (κ2) is 5.98. The van der Waals surface area contributed by atoms with Crippen LogP contribution in [0, 0.1) is 11.7 Å². The topological polar surface area (TPSA) is 26.3 Å². The Kier molecular flexibility index (Phi) is 4.34. The molecule has 98 valence electrons. The fourth-order valence-electron chi connectivity index (χ4n) is 2.69. The van der Waals surface area contributed by atoms with Gasteiger partial charge in [0.1, 0.15) is 6.10 Å². The molecular weight excluding hydrogens is 231 g/mol. The number of hydrogen-bond acceptors (Lipinski definition) is 2. The molecule has 1 fully saturated rings. The van der Waals surface area contributed by atoms with Crippen molar-refractivity contribution in [3.63, 3.8) is 0 Å². The lowest BCUT2D eigenvalue weighted by Crippen LogP contribution is -2.30. The molecule has 0 aromatic heterocycles. The third-order valence-corrected chi connectivity index (χ3v) is 3.76. The van der Waals surface area contributed by atoms with Crippen LogP contribution in [0.3, 0.4) is 0 Å². The van der Waals surface area contributed by atoms with Crippen LogP contribution >= 0.6 is 0 Å². The quantitative estimate of drug-likeness (QED) is 0.755. The van der Waals surface area contributed by atoms with Gasteiger partial charge in [-0.1, -0.05) is 19.4 Å². The lowest BCUT2D eigenvalue weighted by molar-refractivity contribution is 0.0844. The minimum Gasteiger partial charge on any atom is -0.486 e. The molecule has 0 amide bonds. The number of aldehydes is 1. The van der Waals surface area contributed by atoms with Crippen molar-refractivity contribution >= 4 is 6.29 Å². The number of halogens is 1. The molecule has 0 N–H and O–H groups in total. The maximum Gasteiger partial charge on any atom is 0.165 e. The highest BCUT2D eigenvalue weighted by Crippen LogP contribution is 2.32. The summed E-state index contributed by atoms with van der Waals surface area (Å²) in [6, 6.07) is 4.46. The zero-order chi connectivity index (χ0) is 13.0. The normalized spacial score (nSPS) is 23.7. The first-order valence-corrected chi connectivity index (χ1v) is 6.66. The number of carbonyl (C=O) groups excluding carboxylic acids is 1. The Morgan fingerprint density at radius 1 is 1.39 bits per heavy atom. The standard InChI is InChI=1S/C15H19FO2/c1-2-11-6-3-4-9-14(11)18-15-12(10-17)7-5-8-13(15)16/h5,7-8,10-11,14H,2-4,6,9H2,1H3. The lowest BCUT2D eigenvalue weighted by Gasteiger charge is -2.31. The average molecular weight is 250 g/mol. The van der Waals surface area contributed by atoms with Crippen LogP contribution in [0.2, 0.25) is 0 Å². The Morgan fingerprint density at radius 2 is 2.17 bits per heavy atom. The van der Waals surface area contributed by atoms with E-state index in [1.54, 1.807) is 6.07 Å². The summed E-state index contributed by atoms with van der Waals surface area (Å²) in [6.45, 7) is 2.13. The van der Waals surface area contributed by atoms with Crippen LogP contribution in [0.15, 0.2) is 18.2 Å². The van der Waals surface area contributed by atoms with Crippen molar-refractivity contribution in [2.24, 2.45) is 5.92 Å². The van der Waals surface area contributed by atoms with Gasteiger partial charge in [0.2, 0.25) is 0 Å². The molecule has 3 heteroatoms. The second-order valence-corrected chi connectivity index (χ2v) is 4.89. The zero-order valence-corrected chi connectivity index (χ0v) is 10.7. The summed E-state index contributed by atoms with van der Waals surface area (Å²) in [5.74, 6) is 0.149. The maximum atomic E-state index is 13.7. The van der Waals surface area contributed by atoms with Crippen LogP contribution in [0.4, 0.5) is 4.39 Å². The summed E-state index contributed by atoms with van der Waals surface area (Å²) < 4.78 is 19.5. The van der Waals surface area contributed by atoms with Gasteiger partial charge >= 0.3 is 0 Å². The van der Waals surface area contributed by atoms with Gasteiger partial charge in [0.05, 0.1) is 5.56 Å². The van der Waals surface area contributed by atoms with E-state index in [0.29, 0.717) is 17.8 Å². The molecule has 2 nitrogen and oxygen atoms in total. The largest absolute Gasteiger partial charge is 0.486 e. The fraction of sp³-hybridized carbons (Fsp3) is 0.533. The number of rotatable bonds is 4. The molecule has 0 bridgehead atoms. The molecule has 0 saturated heterocycles. The Morgan fingerprint density at radius 3 is 2.89 bits per heavy atom. The Hall–Kier alpha value is -1.38. The van der Waals surface area contributed by atoms with Gasteiger partial charge < -0.3 is 4.74 Å². The van der Waals surface area contributed by atoms with Crippen molar-refractivity contribution in [1.29, 1.82) is 0 Å². The third kappa shape index (κ3) is 2.71. The number of carbonyl (C=O) groups is 1. The molecule has 0 heterocycles. The first-order chi connectivity index (χ1) is 8.76. The molecule has 1 aliphatic rings. The molecule has 18 heavy (non-hydrogen) atoms. The van der Waals surface area contributed by atoms with Gasteiger partial charge in [-0.3, -0.25) is 4.79 Å².